The van der Waals surface area contributed by atoms with Crippen LogP contribution in [-0.4, -0.2) is 37.2 Å². The molecule has 6 heteroatoms. The van der Waals surface area contributed by atoms with Crippen molar-refractivity contribution in [1.29, 1.82) is 0 Å². The summed E-state index contributed by atoms with van der Waals surface area (Å²) in [6.45, 7) is 6.08. The van der Waals surface area contributed by atoms with Gasteiger partial charge in [-0.15, -0.1) is 0 Å². The standard InChI is InChI=1S/C56H82O6/c1-4-7-10-13-16-19-22-25-27-29-31-34-37-40-43-46-49-55(58)61-52-53(51-60-54(57)48-45-42-39-36-33-24-21-18-15-12-9-6-3)62-56(59)50-47-44-41-38-35-32-30-28-26-23-20-17-14-11-8-5-2/h7-12,16-21,25-28,31-36,40-41,43-44,53H,4-6,13-15,22-24,29-30,37-39,42,45-52H2,1-3H3/b10-7-,11-8-,12-9-,19-16-,20-17-,21-18-,27-25-,28-26-,34-31-,35-32-,36-33-,43-40-,44-41-. The molecule has 342 valence electrons. The van der Waals surface area contributed by atoms with Crippen LogP contribution >= 0.6 is 0 Å². The highest BCUT2D eigenvalue weighted by molar-refractivity contribution is 5.71. The van der Waals surface area contributed by atoms with Gasteiger partial charge in [-0.2, -0.15) is 0 Å². The van der Waals surface area contributed by atoms with E-state index in [2.05, 4.69) is 154 Å². The summed E-state index contributed by atoms with van der Waals surface area (Å²) in [5, 5.41) is 0. The molecule has 1 atom stereocenters. The number of hydrogen-bond donors (Lipinski definition) is 0. The first-order chi connectivity index (χ1) is 30.5. The fourth-order valence-electron chi connectivity index (χ4n) is 5.37. The molecule has 0 saturated heterocycles. The van der Waals surface area contributed by atoms with Gasteiger partial charge in [-0.1, -0.05) is 179 Å². The van der Waals surface area contributed by atoms with Crippen LogP contribution < -0.4 is 0 Å². The Bertz CT molecular complexity index is 1490. The van der Waals surface area contributed by atoms with Gasteiger partial charge in [0.2, 0.25) is 0 Å². The molecule has 1 unspecified atom stereocenters. The summed E-state index contributed by atoms with van der Waals surface area (Å²) >= 11 is 0. The zero-order chi connectivity index (χ0) is 45.1. The number of ether oxygens (including phenoxy) is 3. The lowest BCUT2D eigenvalue weighted by Crippen LogP contribution is -2.30. The molecular weight excluding hydrogens is 769 g/mol. The van der Waals surface area contributed by atoms with Crippen molar-refractivity contribution in [2.75, 3.05) is 13.2 Å². The van der Waals surface area contributed by atoms with E-state index < -0.39 is 18.0 Å². The predicted octanol–water partition coefficient (Wildman–Crippen LogP) is 15.5. The lowest BCUT2D eigenvalue weighted by atomic mass is 10.2. The lowest BCUT2D eigenvalue weighted by molar-refractivity contribution is -0.166. The Kier molecular flexibility index (Phi) is 44.8. The van der Waals surface area contributed by atoms with Gasteiger partial charge < -0.3 is 14.2 Å². The van der Waals surface area contributed by atoms with Crippen molar-refractivity contribution in [1.82, 2.24) is 0 Å². The van der Waals surface area contributed by atoms with E-state index in [9.17, 15) is 14.4 Å². The molecule has 0 aliphatic carbocycles. The minimum Gasteiger partial charge on any atom is -0.462 e. The van der Waals surface area contributed by atoms with E-state index in [0.29, 0.717) is 19.3 Å². The molecule has 62 heavy (non-hydrogen) atoms. The van der Waals surface area contributed by atoms with Crippen molar-refractivity contribution in [2.45, 2.75) is 162 Å². The van der Waals surface area contributed by atoms with Crippen LogP contribution in [0, 0.1) is 0 Å². The van der Waals surface area contributed by atoms with Crippen LogP contribution in [0.1, 0.15) is 156 Å². The zero-order valence-electron chi connectivity index (χ0n) is 38.8. The fraction of sp³-hybridized carbons (Fsp3) is 0.482. The Hall–Kier alpha value is -4.97. The maximum absolute atomic E-state index is 12.7. The molecular formula is C56H82O6. The van der Waals surface area contributed by atoms with Gasteiger partial charge in [-0.3, -0.25) is 14.4 Å². The summed E-state index contributed by atoms with van der Waals surface area (Å²) < 4.78 is 16.5. The van der Waals surface area contributed by atoms with E-state index in [1.807, 2.05) is 24.3 Å². The van der Waals surface area contributed by atoms with Crippen molar-refractivity contribution in [3.05, 3.63) is 158 Å². The van der Waals surface area contributed by atoms with Gasteiger partial charge in [0, 0.05) is 19.3 Å². The number of hydrogen-bond acceptors (Lipinski definition) is 6. The molecule has 0 aliphatic heterocycles. The van der Waals surface area contributed by atoms with Crippen LogP contribution in [0.4, 0.5) is 0 Å². The average Bonchev–Trinajstić information content (AvgIpc) is 3.27. The molecule has 0 aromatic heterocycles. The van der Waals surface area contributed by atoms with Crippen LogP contribution in [0.2, 0.25) is 0 Å². The maximum atomic E-state index is 12.7. The second-order valence-electron chi connectivity index (χ2n) is 14.5. The SMILES string of the molecule is CC/C=C\C/C=C\C/C=C\C/C=C\C/C=C\CCC(=O)OCC(COC(=O)CCCC/C=C\C/C=C\C/C=C\CC)OC(=O)CC/C=C\C/C=C\C/C=C\C/C=C\C/C=C\CC. The quantitative estimate of drug-likeness (QED) is 0.0265. The molecule has 0 N–H and O–H groups in total. The molecule has 0 heterocycles. The number of rotatable bonds is 39. The zero-order valence-corrected chi connectivity index (χ0v) is 38.8. The van der Waals surface area contributed by atoms with Gasteiger partial charge in [0.1, 0.15) is 13.2 Å². The summed E-state index contributed by atoms with van der Waals surface area (Å²) in [4.78, 5) is 37.8. The predicted molar refractivity (Wildman–Crippen MR) is 265 cm³/mol. The molecule has 0 saturated carbocycles. The number of esters is 3. The van der Waals surface area contributed by atoms with Gasteiger partial charge >= 0.3 is 17.9 Å². The Labute approximate surface area is 378 Å². The van der Waals surface area contributed by atoms with Crippen molar-refractivity contribution in [3.8, 4) is 0 Å². The Morgan fingerprint density at radius 3 is 0.935 bits per heavy atom. The highest BCUT2D eigenvalue weighted by Crippen LogP contribution is 2.08. The van der Waals surface area contributed by atoms with Crippen LogP contribution in [0.15, 0.2) is 158 Å². The van der Waals surface area contributed by atoms with E-state index >= 15 is 0 Å². The van der Waals surface area contributed by atoms with Gasteiger partial charge in [-0.05, 0) is 116 Å². The van der Waals surface area contributed by atoms with E-state index in [4.69, 9.17) is 14.2 Å². The molecule has 6 nitrogen and oxygen atoms in total. The highest BCUT2D eigenvalue weighted by atomic mass is 16.6. The molecule has 0 fully saturated rings. The molecule has 0 bridgehead atoms. The maximum Gasteiger partial charge on any atom is 0.306 e. The molecule has 0 spiro atoms. The first-order valence-corrected chi connectivity index (χ1v) is 23.5. The monoisotopic (exact) mass is 851 g/mol. The van der Waals surface area contributed by atoms with E-state index in [1.54, 1.807) is 0 Å². The topological polar surface area (TPSA) is 78.9 Å². The highest BCUT2D eigenvalue weighted by Gasteiger charge is 2.19. The second kappa shape index (κ2) is 48.7. The third-order valence-corrected chi connectivity index (χ3v) is 8.79. The van der Waals surface area contributed by atoms with Crippen molar-refractivity contribution in [3.63, 3.8) is 0 Å². The normalized spacial score (nSPS) is 13.5. The van der Waals surface area contributed by atoms with E-state index in [0.717, 1.165) is 96.3 Å². The summed E-state index contributed by atoms with van der Waals surface area (Å²) in [5.74, 6) is -1.18. The van der Waals surface area contributed by atoms with Crippen molar-refractivity contribution >= 4 is 17.9 Å². The number of allylic oxidation sites excluding steroid dienone is 26. The second-order valence-corrected chi connectivity index (χ2v) is 14.5. The van der Waals surface area contributed by atoms with Gasteiger partial charge in [0.05, 0.1) is 0 Å². The van der Waals surface area contributed by atoms with E-state index in [-0.39, 0.29) is 38.4 Å². The Morgan fingerprint density at radius 1 is 0.323 bits per heavy atom. The first-order valence-electron chi connectivity index (χ1n) is 23.5. The molecule has 0 aromatic rings. The minimum absolute atomic E-state index is 0.159. The largest absolute Gasteiger partial charge is 0.462 e. The van der Waals surface area contributed by atoms with Crippen LogP contribution in [-0.2, 0) is 28.6 Å². The first kappa shape index (κ1) is 57.0. The molecule has 0 aliphatic rings. The molecule has 0 rings (SSSR count). The van der Waals surface area contributed by atoms with Gasteiger partial charge in [0.25, 0.3) is 0 Å². The van der Waals surface area contributed by atoms with E-state index in [1.165, 1.54) is 0 Å². The molecule has 0 radical (unpaired) electrons. The Morgan fingerprint density at radius 2 is 0.597 bits per heavy atom. The Balaban J connectivity index is 4.70. The van der Waals surface area contributed by atoms with Gasteiger partial charge in [0.15, 0.2) is 6.10 Å². The number of carbonyl (C=O) groups excluding carboxylic acids is 3. The third kappa shape index (κ3) is 46.1. The third-order valence-electron chi connectivity index (χ3n) is 8.79. The fourth-order valence-corrected chi connectivity index (χ4v) is 5.37. The summed E-state index contributed by atoms with van der Waals surface area (Å²) in [5.41, 5.74) is 0. The molecule has 0 aromatic carbocycles. The van der Waals surface area contributed by atoms with Gasteiger partial charge in [-0.25, -0.2) is 0 Å². The van der Waals surface area contributed by atoms with Crippen molar-refractivity contribution < 1.29 is 28.6 Å². The van der Waals surface area contributed by atoms with Crippen LogP contribution in [0.3, 0.4) is 0 Å². The van der Waals surface area contributed by atoms with Crippen LogP contribution in [0.25, 0.3) is 0 Å². The number of carbonyl (C=O) groups is 3. The lowest BCUT2D eigenvalue weighted by Gasteiger charge is -2.18. The molecule has 0 amide bonds. The summed E-state index contributed by atoms with van der Waals surface area (Å²) in [6.07, 6.45) is 71.1. The summed E-state index contributed by atoms with van der Waals surface area (Å²) in [7, 11) is 0. The average molecular weight is 851 g/mol. The number of unbranched alkanes of at least 4 members (excludes halogenated alkanes) is 2. The van der Waals surface area contributed by atoms with Crippen molar-refractivity contribution in [2.24, 2.45) is 0 Å². The minimum atomic E-state index is -0.870. The van der Waals surface area contributed by atoms with Crippen LogP contribution in [0.5, 0.6) is 0 Å². The summed E-state index contributed by atoms with van der Waals surface area (Å²) in [6, 6.07) is 0. The smallest absolute Gasteiger partial charge is 0.306 e.